The summed E-state index contributed by atoms with van der Waals surface area (Å²) < 4.78 is 17.6. The second-order valence-electron chi connectivity index (χ2n) is 4.36. The number of hydrogen-bond donors (Lipinski definition) is 1. The van der Waals surface area contributed by atoms with Gasteiger partial charge >= 0.3 is 5.97 Å². The monoisotopic (exact) mass is 237 g/mol. The zero-order chi connectivity index (χ0) is 12.3. The highest BCUT2D eigenvalue weighted by molar-refractivity contribution is 5.72. The van der Waals surface area contributed by atoms with E-state index < -0.39 is 0 Å². The Morgan fingerprint density at radius 1 is 1.35 bits per heavy atom. The quantitative estimate of drug-likeness (QED) is 0.795. The van der Waals surface area contributed by atoms with Gasteiger partial charge in [0.25, 0.3) is 0 Å². The molecule has 17 heavy (non-hydrogen) atoms. The first kappa shape index (κ1) is 12.0. The molecule has 1 saturated heterocycles. The van der Waals surface area contributed by atoms with Gasteiger partial charge in [0.15, 0.2) is 0 Å². The maximum Gasteiger partial charge on any atom is 0.309 e. The number of hydrogen-bond acceptors (Lipinski definition) is 3. The summed E-state index contributed by atoms with van der Waals surface area (Å²) in [4.78, 5) is 11.5. The molecule has 0 bridgehead atoms. The summed E-state index contributed by atoms with van der Waals surface area (Å²) in [6.07, 6.45) is 0.755. The van der Waals surface area contributed by atoms with Crippen LogP contribution in [0.15, 0.2) is 24.3 Å². The molecule has 0 saturated carbocycles. The minimum absolute atomic E-state index is 0.108. The van der Waals surface area contributed by atoms with Gasteiger partial charge in [-0.3, -0.25) is 4.79 Å². The van der Waals surface area contributed by atoms with Crippen LogP contribution in [-0.2, 0) is 9.53 Å². The fourth-order valence-electron chi connectivity index (χ4n) is 2.28. The van der Waals surface area contributed by atoms with Crippen molar-refractivity contribution < 1.29 is 13.9 Å². The van der Waals surface area contributed by atoms with Gasteiger partial charge in [-0.25, -0.2) is 4.39 Å². The van der Waals surface area contributed by atoms with Gasteiger partial charge < -0.3 is 10.1 Å². The molecule has 4 heteroatoms. The summed E-state index contributed by atoms with van der Waals surface area (Å²) in [5, 5.41) is 3.22. The second kappa shape index (κ2) is 5.27. The Bertz CT molecular complexity index is 391. The van der Waals surface area contributed by atoms with Crippen LogP contribution in [0.1, 0.15) is 17.9 Å². The molecule has 2 atom stereocenters. The Hall–Kier alpha value is -1.42. The molecular formula is C13H16FNO2. The Balaban J connectivity index is 2.06. The number of ether oxygens (including phenoxy) is 1. The van der Waals surface area contributed by atoms with Crippen molar-refractivity contribution in [1.29, 1.82) is 0 Å². The van der Waals surface area contributed by atoms with Crippen molar-refractivity contribution in [3.8, 4) is 0 Å². The van der Waals surface area contributed by atoms with E-state index >= 15 is 0 Å². The Kier molecular flexibility index (Phi) is 3.74. The molecule has 0 radical (unpaired) electrons. The van der Waals surface area contributed by atoms with Crippen molar-refractivity contribution in [3.05, 3.63) is 35.6 Å². The molecule has 92 valence electrons. The van der Waals surface area contributed by atoms with Crippen LogP contribution in [-0.4, -0.2) is 26.2 Å². The van der Waals surface area contributed by atoms with Gasteiger partial charge in [-0.15, -0.1) is 0 Å². The van der Waals surface area contributed by atoms with E-state index in [-0.39, 0.29) is 23.6 Å². The van der Waals surface area contributed by atoms with E-state index in [9.17, 15) is 9.18 Å². The molecule has 0 aliphatic carbocycles. The lowest BCUT2D eigenvalue weighted by atomic mass is 9.85. The van der Waals surface area contributed by atoms with Crippen LogP contribution in [0.5, 0.6) is 0 Å². The van der Waals surface area contributed by atoms with E-state index in [4.69, 9.17) is 4.74 Å². The van der Waals surface area contributed by atoms with Gasteiger partial charge in [0.1, 0.15) is 5.82 Å². The van der Waals surface area contributed by atoms with Crippen LogP contribution >= 0.6 is 0 Å². The molecule has 1 aromatic rings. The number of carbonyl (C=O) groups excluding carboxylic acids is 1. The average Bonchev–Trinajstić information content (AvgIpc) is 2.39. The van der Waals surface area contributed by atoms with Crippen LogP contribution in [0, 0.1) is 11.7 Å². The van der Waals surface area contributed by atoms with Gasteiger partial charge in [0.05, 0.1) is 13.0 Å². The van der Waals surface area contributed by atoms with Gasteiger partial charge in [-0.1, -0.05) is 12.1 Å². The summed E-state index contributed by atoms with van der Waals surface area (Å²) in [5.74, 6) is -0.274. The highest BCUT2D eigenvalue weighted by atomic mass is 19.1. The molecule has 1 heterocycles. The maximum absolute atomic E-state index is 12.8. The topological polar surface area (TPSA) is 38.3 Å². The zero-order valence-corrected chi connectivity index (χ0v) is 9.78. The molecular weight excluding hydrogens is 221 g/mol. The number of halogens is 1. The lowest BCUT2D eigenvalue weighted by Gasteiger charge is -2.28. The van der Waals surface area contributed by atoms with Gasteiger partial charge in [-0.2, -0.15) is 0 Å². The minimum atomic E-state index is -0.234. The van der Waals surface area contributed by atoms with E-state index in [1.807, 2.05) is 0 Å². The largest absolute Gasteiger partial charge is 0.469 e. The number of piperidine rings is 1. The number of nitrogens with one attached hydrogen (secondary N) is 1. The molecule has 0 spiro atoms. The number of methoxy groups -OCH3 is 1. The summed E-state index contributed by atoms with van der Waals surface area (Å²) in [5.41, 5.74) is 1.06. The fourth-order valence-corrected chi connectivity index (χ4v) is 2.28. The first-order valence-corrected chi connectivity index (χ1v) is 5.74. The average molecular weight is 237 g/mol. The normalized spacial score (nSPS) is 24.4. The van der Waals surface area contributed by atoms with Crippen LogP contribution in [0.4, 0.5) is 4.39 Å². The molecule has 0 aromatic heterocycles. The first-order valence-electron chi connectivity index (χ1n) is 5.74. The van der Waals surface area contributed by atoms with E-state index in [2.05, 4.69) is 5.32 Å². The molecule has 1 aliphatic rings. The summed E-state index contributed by atoms with van der Waals surface area (Å²) in [6.45, 7) is 1.48. The molecule has 1 N–H and O–H groups in total. The molecule has 2 rings (SSSR count). The van der Waals surface area contributed by atoms with Crippen molar-refractivity contribution in [3.63, 3.8) is 0 Å². The van der Waals surface area contributed by atoms with Gasteiger partial charge in [-0.05, 0) is 30.0 Å². The van der Waals surface area contributed by atoms with Crippen LogP contribution in [0.2, 0.25) is 0 Å². The standard InChI is InChI=1S/C13H16FNO2/c1-17-13(16)11-6-10(7-15-8-11)9-2-4-12(14)5-3-9/h2-5,10-11,15H,6-8H2,1H3. The number of benzene rings is 1. The molecule has 0 amide bonds. The molecule has 1 aliphatic heterocycles. The van der Waals surface area contributed by atoms with Crippen molar-refractivity contribution in [2.24, 2.45) is 5.92 Å². The third-order valence-electron chi connectivity index (χ3n) is 3.23. The number of rotatable bonds is 2. The van der Waals surface area contributed by atoms with Crippen LogP contribution in [0.25, 0.3) is 0 Å². The van der Waals surface area contributed by atoms with E-state index in [0.29, 0.717) is 6.54 Å². The first-order chi connectivity index (χ1) is 8.20. The summed E-state index contributed by atoms with van der Waals surface area (Å²) in [7, 11) is 1.41. The van der Waals surface area contributed by atoms with E-state index in [1.165, 1.54) is 19.2 Å². The molecule has 1 aromatic carbocycles. The van der Waals surface area contributed by atoms with Crippen molar-refractivity contribution in [2.45, 2.75) is 12.3 Å². The number of carbonyl (C=O) groups is 1. The second-order valence-corrected chi connectivity index (χ2v) is 4.36. The third kappa shape index (κ3) is 2.82. The highest BCUT2D eigenvalue weighted by Gasteiger charge is 2.28. The predicted molar refractivity (Wildman–Crippen MR) is 62.1 cm³/mol. The minimum Gasteiger partial charge on any atom is -0.469 e. The summed E-state index contributed by atoms with van der Waals surface area (Å²) in [6, 6.07) is 6.47. The van der Waals surface area contributed by atoms with E-state index in [0.717, 1.165) is 18.5 Å². The van der Waals surface area contributed by atoms with Crippen molar-refractivity contribution >= 4 is 5.97 Å². The Morgan fingerprint density at radius 3 is 2.71 bits per heavy atom. The van der Waals surface area contributed by atoms with Gasteiger partial charge in [0.2, 0.25) is 0 Å². The van der Waals surface area contributed by atoms with Gasteiger partial charge in [0, 0.05) is 13.1 Å². The smallest absolute Gasteiger partial charge is 0.309 e. The zero-order valence-electron chi connectivity index (χ0n) is 9.78. The lowest BCUT2D eigenvalue weighted by molar-refractivity contribution is -0.146. The summed E-state index contributed by atoms with van der Waals surface area (Å²) >= 11 is 0. The third-order valence-corrected chi connectivity index (χ3v) is 3.23. The highest BCUT2D eigenvalue weighted by Crippen LogP contribution is 2.27. The van der Waals surface area contributed by atoms with Crippen LogP contribution < -0.4 is 5.32 Å². The maximum atomic E-state index is 12.8. The number of esters is 1. The molecule has 1 fully saturated rings. The lowest BCUT2D eigenvalue weighted by Crippen LogP contribution is -2.39. The van der Waals surface area contributed by atoms with E-state index in [1.54, 1.807) is 12.1 Å². The fraction of sp³-hybridized carbons (Fsp3) is 0.462. The Morgan fingerprint density at radius 2 is 2.06 bits per heavy atom. The van der Waals surface area contributed by atoms with Crippen molar-refractivity contribution in [1.82, 2.24) is 5.32 Å². The Labute approximate surface area is 100.0 Å². The SMILES string of the molecule is COC(=O)C1CNCC(c2ccc(F)cc2)C1. The molecule has 2 unspecified atom stereocenters. The van der Waals surface area contributed by atoms with Crippen molar-refractivity contribution in [2.75, 3.05) is 20.2 Å². The van der Waals surface area contributed by atoms with Crippen LogP contribution in [0.3, 0.4) is 0 Å². The predicted octanol–water partition coefficient (Wildman–Crippen LogP) is 1.69. The molecule has 3 nitrogen and oxygen atoms in total.